The molecule has 0 saturated carbocycles. The number of aromatic nitrogens is 1. The number of benzene rings is 2. The van der Waals surface area contributed by atoms with Crippen LogP contribution in [0.4, 0.5) is 5.69 Å². The van der Waals surface area contributed by atoms with Gasteiger partial charge in [0.05, 0.1) is 22.2 Å². The first-order chi connectivity index (χ1) is 13.6. The maximum absolute atomic E-state index is 13.2. The van der Waals surface area contributed by atoms with Crippen LogP contribution in [-0.2, 0) is 6.42 Å². The number of amides is 1. The predicted octanol–water partition coefficient (Wildman–Crippen LogP) is 3.72. The van der Waals surface area contributed by atoms with Gasteiger partial charge in [-0.25, -0.2) is 0 Å². The van der Waals surface area contributed by atoms with Crippen molar-refractivity contribution in [2.45, 2.75) is 25.3 Å². The normalized spacial score (nSPS) is 18.2. The highest BCUT2D eigenvalue weighted by Gasteiger charge is 2.39. The Hall–Kier alpha value is -3.48. The third-order valence-electron chi connectivity index (χ3n) is 5.78. The topological polar surface area (TPSA) is 85.4 Å². The van der Waals surface area contributed by atoms with Gasteiger partial charge >= 0.3 is 0 Å². The minimum Gasteiger partial charge on any atom is -0.330 e. The van der Waals surface area contributed by atoms with Crippen LogP contribution in [0.25, 0.3) is 10.9 Å². The van der Waals surface area contributed by atoms with E-state index in [2.05, 4.69) is 0 Å². The van der Waals surface area contributed by atoms with Gasteiger partial charge in [0.2, 0.25) is 5.91 Å². The summed E-state index contributed by atoms with van der Waals surface area (Å²) < 4.78 is 1.79. The van der Waals surface area contributed by atoms with Crippen LogP contribution in [0.2, 0.25) is 0 Å². The van der Waals surface area contributed by atoms with E-state index in [0.717, 1.165) is 22.2 Å². The number of nitro groups is 1. The lowest BCUT2D eigenvalue weighted by atomic mass is 9.91. The molecule has 0 aliphatic carbocycles. The average Bonchev–Trinajstić information content (AvgIpc) is 3.06. The maximum Gasteiger partial charge on any atom is 0.269 e. The van der Waals surface area contributed by atoms with Gasteiger partial charge in [0.15, 0.2) is 0 Å². The molecule has 1 unspecified atom stereocenters. The van der Waals surface area contributed by atoms with Gasteiger partial charge in [-0.05, 0) is 36.6 Å². The Kier molecular flexibility index (Phi) is 3.58. The molecular formula is C21H17N3O4. The van der Waals surface area contributed by atoms with Gasteiger partial charge in [0.1, 0.15) is 0 Å². The predicted molar refractivity (Wildman–Crippen MR) is 102 cm³/mol. The Morgan fingerprint density at radius 2 is 1.82 bits per heavy atom. The molecule has 28 heavy (non-hydrogen) atoms. The van der Waals surface area contributed by atoms with Crippen molar-refractivity contribution >= 4 is 28.4 Å². The monoisotopic (exact) mass is 375 g/mol. The summed E-state index contributed by atoms with van der Waals surface area (Å²) in [5, 5.41) is 11.9. The van der Waals surface area contributed by atoms with Crippen LogP contribution in [0.1, 0.15) is 45.3 Å². The number of non-ortho nitro benzene ring substituents is 1. The van der Waals surface area contributed by atoms with Crippen molar-refractivity contribution in [1.29, 1.82) is 0 Å². The van der Waals surface area contributed by atoms with E-state index >= 15 is 0 Å². The van der Waals surface area contributed by atoms with E-state index in [9.17, 15) is 19.7 Å². The van der Waals surface area contributed by atoms with Crippen molar-refractivity contribution in [1.82, 2.24) is 9.47 Å². The van der Waals surface area contributed by atoms with Gasteiger partial charge in [-0.2, -0.15) is 0 Å². The molecule has 1 amide bonds. The summed E-state index contributed by atoms with van der Waals surface area (Å²) in [6.07, 6.45) is 1.67. The quantitative estimate of drug-likeness (QED) is 0.505. The number of para-hydroxylation sites is 1. The van der Waals surface area contributed by atoms with E-state index in [-0.39, 0.29) is 23.5 Å². The number of hydrogen-bond acceptors (Lipinski definition) is 4. The molecule has 0 fully saturated rings. The van der Waals surface area contributed by atoms with Crippen LogP contribution >= 0.6 is 0 Å². The minimum absolute atomic E-state index is 0.0409. The molecule has 2 aliphatic heterocycles. The van der Waals surface area contributed by atoms with Crippen molar-refractivity contribution in [3.05, 3.63) is 75.5 Å². The largest absolute Gasteiger partial charge is 0.330 e. The molecule has 2 aromatic carbocycles. The van der Waals surface area contributed by atoms with Crippen LogP contribution in [0.5, 0.6) is 0 Å². The van der Waals surface area contributed by atoms with E-state index in [1.807, 2.05) is 29.2 Å². The zero-order chi connectivity index (χ0) is 19.4. The van der Waals surface area contributed by atoms with Gasteiger partial charge in [-0.1, -0.05) is 18.2 Å². The smallest absolute Gasteiger partial charge is 0.269 e. The van der Waals surface area contributed by atoms with Crippen LogP contribution in [0.15, 0.2) is 48.5 Å². The van der Waals surface area contributed by atoms with Gasteiger partial charge in [-0.15, -0.1) is 0 Å². The summed E-state index contributed by atoms with van der Waals surface area (Å²) >= 11 is 0. The van der Waals surface area contributed by atoms with Crippen molar-refractivity contribution in [3.63, 3.8) is 0 Å². The minimum atomic E-state index is -0.480. The Balaban J connectivity index is 1.58. The van der Waals surface area contributed by atoms with Crippen molar-refractivity contribution in [3.8, 4) is 0 Å². The molecule has 0 spiro atoms. The maximum atomic E-state index is 13.2. The first-order valence-corrected chi connectivity index (χ1v) is 9.27. The summed E-state index contributed by atoms with van der Waals surface area (Å²) in [5.41, 5.74) is 3.38. The fraction of sp³-hybridized carbons (Fsp3) is 0.238. The molecule has 3 aromatic rings. The molecule has 1 atom stereocenters. The molecule has 5 rings (SSSR count). The number of carbonyl (C=O) groups is 2. The van der Waals surface area contributed by atoms with Crippen molar-refractivity contribution in [2.24, 2.45) is 0 Å². The number of nitrogens with zero attached hydrogens (tertiary/aromatic N) is 3. The van der Waals surface area contributed by atoms with Crippen molar-refractivity contribution in [2.75, 3.05) is 6.54 Å². The SMILES string of the molecule is O=C(c1ccc([N+](=O)[O-])cc1)N1CCc2c3n(c4ccccc24)C(=O)CCC31. The standard InChI is InChI=1S/C21H17N3O4/c25-19-10-9-18-20-16(15-3-1-2-4-17(15)23(19)20)11-12-22(18)21(26)13-5-7-14(8-6-13)24(27)28/h1-8,18H,9-12H2. The molecule has 0 N–H and O–H groups in total. The zero-order valence-corrected chi connectivity index (χ0v) is 15.0. The highest BCUT2D eigenvalue weighted by molar-refractivity contribution is 5.99. The molecule has 1 aromatic heterocycles. The fourth-order valence-electron chi connectivity index (χ4n) is 4.54. The second kappa shape index (κ2) is 6.02. The molecule has 0 radical (unpaired) electrons. The molecule has 3 heterocycles. The second-order valence-electron chi connectivity index (χ2n) is 7.22. The number of fused-ring (bicyclic) bond motifs is 3. The number of rotatable bonds is 2. The van der Waals surface area contributed by atoms with Gasteiger partial charge in [0, 0.05) is 36.0 Å². The van der Waals surface area contributed by atoms with Gasteiger partial charge in [-0.3, -0.25) is 24.3 Å². The lowest BCUT2D eigenvalue weighted by Gasteiger charge is -2.39. The lowest BCUT2D eigenvalue weighted by Crippen LogP contribution is -2.43. The van der Waals surface area contributed by atoms with E-state index < -0.39 is 4.92 Å². The summed E-state index contributed by atoms with van der Waals surface area (Å²) in [4.78, 5) is 38.0. The molecular weight excluding hydrogens is 358 g/mol. The number of nitro benzene ring substituents is 1. The summed E-state index contributed by atoms with van der Waals surface area (Å²) in [6, 6.07) is 13.4. The van der Waals surface area contributed by atoms with E-state index in [4.69, 9.17) is 0 Å². The Labute approximate surface area is 160 Å². The zero-order valence-electron chi connectivity index (χ0n) is 15.0. The third-order valence-corrected chi connectivity index (χ3v) is 5.78. The Bertz CT molecular complexity index is 1150. The van der Waals surface area contributed by atoms with Gasteiger partial charge < -0.3 is 4.90 Å². The van der Waals surface area contributed by atoms with E-state index in [1.165, 1.54) is 24.3 Å². The number of carbonyl (C=O) groups excluding carboxylic acids is 2. The summed E-state index contributed by atoms with van der Waals surface area (Å²) in [7, 11) is 0. The van der Waals surface area contributed by atoms with Crippen LogP contribution in [-0.4, -0.2) is 32.7 Å². The average molecular weight is 375 g/mol. The molecule has 140 valence electrons. The van der Waals surface area contributed by atoms with Crippen LogP contribution in [0, 0.1) is 10.1 Å². The molecule has 7 nitrogen and oxygen atoms in total. The van der Waals surface area contributed by atoms with E-state index in [1.54, 1.807) is 4.57 Å². The Morgan fingerprint density at radius 3 is 2.57 bits per heavy atom. The summed E-state index contributed by atoms with van der Waals surface area (Å²) in [5.74, 6) is -0.0879. The number of hydrogen-bond donors (Lipinski definition) is 0. The summed E-state index contributed by atoms with van der Waals surface area (Å²) in [6.45, 7) is 0.565. The van der Waals surface area contributed by atoms with Crippen LogP contribution < -0.4 is 0 Å². The first kappa shape index (κ1) is 16.7. The highest BCUT2D eigenvalue weighted by atomic mass is 16.6. The van der Waals surface area contributed by atoms with Crippen molar-refractivity contribution < 1.29 is 14.5 Å². The fourth-order valence-corrected chi connectivity index (χ4v) is 4.54. The van der Waals surface area contributed by atoms with Crippen LogP contribution in [0.3, 0.4) is 0 Å². The van der Waals surface area contributed by atoms with Gasteiger partial charge in [0.25, 0.3) is 11.6 Å². The second-order valence-corrected chi connectivity index (χ2v) is 7.22. The molecule has 0 saturated heterocycles. The molecule has 7 heteroatoms. The Morgan fingerprint density at radius 1 is 1.07 bits per heavy atom. The first-order valence-electron chi connectivity index (χ1n) is 9.27. The molecule has 0 bridgehead atoms. The van der Waals surface area contributed by atoms with E-state index in [0.29, 0.717) is 31.4 Å². The highest BCUT2D eigenvalue weighted by Crippen LogP contribution is 2.42. The lowest BCUT2D eigenvalue weighted by molar-refractivity contribution is -0.384. The molecule has 2 aliphatic rings. The third kappa shape index (κ3) is 2.29.